The fourth-order valence-electron chi connectivity index (χ4n) is 4.24. The highest BCUT2D eigenvalue weighted by atomic mass is 28.5. The highest BCUT2D eigenvalue weighted by Crippen LogP contribution is 2.37. The summed E-state index contributed by atoms with van der Waals surface area (Å²) in [4.78, 5) is 0. The van der Waals surface area contributed by atoms with Gasteiger partial charge in [-0.15, -0.1) is 0 Å². The van der Waals surface area contributed by atoms with E-state index in [1.54, 1.807) is 0 Å². The number of rotatable bonds is 16. The topological polar surface area (TPSA) is 73.8 Å². The van der Waals surface area contributed by atoms with E-state index in [4.69, 9.17) is 35.4 Å². The van der Waals surface area contributed by atoms with Crippen molar-refractivity contribution >= 4 is 34.2 Å². The number of ether oxygens (including phenoxy) is 4. The summed E-state index contributed by atoms with van der Waals surface area (Å²) in [6.45, 7) is 27.4. The van der Waals surface area contributed by atoms with E-state index in [-0.39, 0.29) is 24.4 Å². The SMILES string of the molecule is CC(C)OCC[Si]1(C)O[Si](C)(CCOC(C)C)O[Si](C)(CCOC(C)C)O[Si](C)(CCOC(C)C)O1. The molecule has 0 aromatic carbocycles. The first-order valence-corrected chi connectivity index (χ1v) is 23.9. The van der Waals surface area contributed by atoms with Crippen molar-refractivity contribution in [2.45, 2.75) is 130 Å². The minimum absolute atomic E-state index is 0.159. The Morgan fingerprint density at radius 1 is 0.389 bits per heavy atom. The molecule has 0 bridgehead atoms. The second-order valence-electron chi connectivity index (χ2n) is 11.6. The molecule has 1 aliphatic heterocycles. The van der Waals surface area contributed by atoms with Gasteiger partial charge in [-0.05, 0) is 81.6 Å². The van der Waals surface area contributed by atoms with Gasteiger partial charge in [-0.25, -0.2) is 0 Å². The fourth-order valence-corrected chi connectivity index (χ4v) is 26.2. The third-order valence-corrected chi connectivity index (χ3v) is 24.0. The van der Waals surface area contributed by atoms with E-state index < -0.39 is 34.2 Å². The molecule has 0 radical (unpaired) electrons. The van der Waals surface area contributed by atoms with Gasteiger partial charge in [0.05, 0.1) is 24.4 Å². The van der Waals surface area contributed by atoms with E-state index in [0.717, 1.165) is 24.2 Å². The molecule has 36 heavy (non-hydrogen) atoms. The molecule has 1 rings (SSSR count). The van der Waals surface area contributed by atoms with Crippen molar-refractivity contribution in [2.75, 3.05) is 26.4 Å². The van der Waals surface area contributed by atoms with Crippen LogP contribution in [0.3, 0.4) is 0 Å². The second kappa shape index (κ2) is 15.4. The summed E-state index contributed by atoms with van der Waals surface area (Å²) in [7, 11) is -10.8. The van der Waals surface area contributed by atoms with Crippen molar-refractivity contribution in [1.29, 1.82) is 0 Å². The molecule has 1 aliphatic rings. The molecule has 0 N–H and O–H groups in total. The summed E-state index contributed by atoms with van der Waals surface area (Å²) in [5.74, 6) is 0. The van der Waals surface area contributed by atoms with Crippen LogP contribution in [-0.4, -0.2) is 85.1 Å². The predicted molar refractivity (Wildman–Crippen MR) is 154 cm³/mol. The van der Waals surface area contributed by atoms with Gasteiger partial charge >= 0.3 is 34.2 Å². The molecular weight excluding hydrogens is 529 g/mol. The molecule has 12 heteroatoms. The van der Waals surface area contributed by atoms with Crippen LogP contribution in [0.25, 0.3) is 0 Å². The Labute approximate surface area is 226 Å². The summed E-state index contributed by atoms with van der Waals surface area (Å²) >= 11 is 0. The third-order valence-electron chi connectivity index (χ3n) is 5.76. The normalized spacial score (nSPS) is 32.0. The molecule has 0 amide bonds. The summed E-state index contributed by atoms with van der Waals surface area (Å²) in [5, 5.41) is 0. The van der Waals surface area contributed by atoms with E-state index in [0.29, 0.717) is 26.4 Å². The average Bonchev–Trinajstić information content (AvgIpc) is 2.64. The maximum absolute atomic E-state index is 7.06. The smallest absolute Gasteiger partial charge is 0.319 e. The second-order valence-corrected chi connectivity index (χ2v) is 26.0. The molecule has 1 saturated heterocycles. The molecule has 0 aromatic heterocycles. The van der Waals surface area contributed by atoms with Gasteiger partial charge in [0, 0.05) is 50.6 Å². The lowest BCUT2D eigenvalue weighted by atomic mass is 10.5. The number of hydrogen-bond donors (Lipinski definition) is 0. The van der Waals surface area contributed by atoms with E-state index in [9.17, 15) is 0 Å². The number of hydrogen-bond acceptors (Lipinski definition) is 8. The summed E-state index contributed by atoms with van der Waals surface area (Å²) in [6, 6.07) is 2.92. The molecule has 0 atom stereocenters. The zero-order valence-electron chi connectivity index (χ0n) is 25.2. The lowest BCUT2D eigenvalue weighted by Crippen LogP contribution is -2.68. The molecule has 216 valence electrons. The molecule has 1 fully saturated rings. The Kier molecular flexibility index (Phi) is 14.8. The quantitative estimate of drug-likeness (QED) is 0.203. The minimum atomic E-state index is -2.69. The average molecular weight is 585 g/mol. The molecule has 0 unspecified atom stereocenters. The van der Waals surface area contributed by atoms with Crippen LogP contribution in [0, 0.1) is 0 Å². The van der Waals surface area contributed by atoms with Crippen LogP contribution in [0.4, 0.5) is 0 Å². The van der Waals surface area contributed by atoms with Gasteiger partial charge in [-0.2, -0.15) is 0 Å². The monoisotopic (exact) mass is 584 g/mol. The Bertz CT molecular complexity index is 509. The standard InChI is InChI=1S/C24H56O8Si4/c1-21(2)25-13-17-33(9)29-34(10,18-14-26-22(3)4)31-36(12,20-16-28-24(7)8)32-35(11,30-33)19-15-27-23(5)6/h21-24H,13-20H2,1-12H3. The fraction of sp³-hybridized carbons (Fsp3) is 1.00. The first-order valence-electron chi connectivity index (χ1n) is 13.8. The van der Waals surface area contributed by atoms with E-state index in [2.05, 4.69) is 81.6 Å². The van der Waals surface area contributed by atoms with Crippen LogP contribution >= 0.6 is 0 Å². The molecule has 0 aliphatic carbocycles. The van der Waals surface area contributed by atoms with Gasteiger partial charge in [0.15, 0.2) is 0 Å². The van der Waals surface area contributed by atoms with Crippen molar-refractivity contribution in [1.82, 2.24) is 0 Å². The van der Waals surface area contributed by atoms with Crippen molar-refractivity contribution in [3.8, 4) is 0 Å². The summed E-state index contributed by atoms with van der Waals surface area (Å²) in [6.07, 6.45) is 0.635. The van der Waals surface area contributed by atoms with Gasteiger partial charge in [-0.3, -0.25) is 0 Å². The molecule has 0 aromatic rings. The van der Waals surface area contributed by atoms with E-state index in [1.807, 2.05) is 0 Å². The minimum Gasteiger partial charge on any atom is -0.415 e. The molecule has 0 spiro atoms. The Morgan fingerprint density at radius 3 is 0.694 bits per heavy atom. The summed E-state index contributed by atoms with van der Waals surface area (Å²) in [5.41, 5.74) is 0. The lowest BCUT2D eigenvalue weighted by Gasteiger charge is -2.50. The van der Waals surface area contributed by atoms with Gasteiger partial charge < -0.3 is 35.4 Å². The zero-order valence-corrected chi connectivity index (χ0v) is 29.2. The Hall–Kier alpha value is 0.548. The Balaban J connectivity index is 3.28. The zero-order chi connectivity index (χ0) is 27.6. The van der Waals surface area contributed by atoms with Crippen LogP contribution in [-0.2, 0) is 35.4 Å². The molecule has 8 nitrogen and oxygen atoms in total. The first kappa shape index (κ1) is 34.6. The Morgan fingerprint density at radius 2 is 0.556 bits per heavy atom. The maximum Gasteiger partial charge on any atom is 0.319 e. The molecule has 1 heterocycles. The van der Waals surface area contributed by atoms with Crippen LogP contribution in [0.2, 0.25) is 50.4 Å². The van der Waals surface area contributed by atoms with Gasteiger partial charge in [-0.1, -0.05) is 0 Å². The van der Waals surface area contributed by atoms with Crippen molar-refractivity contribution in [3.05, 3.63) is 0 Å². The predicted octanol–water partition coefficient (Wildman–Crippen LogP) is 6.05. The van der Waals surface area contributed by atoms with Gasteiger partial charge in [0.25, 0.3) is 0 Å². The summed E-state index contributed by atoms with van der Waals surface area (Å²) < 4.78 is 51.9. The van der Waals surface area contributed by atoms with Gasteiger partial charge in [0.1, 0.15) is 0 Å². The van der Waals surface area contributed by atoms with Crippen LogP contribution < -0.4 is 0 Å². The van der Waals surface area contributed by atoms with Crippen LogP contribution in [0.5, 0.6) is 0 Å². The maximum atomic E-state index is 7.06. The first-order chi connectivity index (χ1) is 16.5. The molecular formula is C24H56O8Si4. The van der Waals surface area contributed by atoms with E-state index in [1.165, 1.54) is 0 Å². The largest absolute Gasteiger partial charge is 0.415 e. The van der Waals surface area contributed by atoms with Crippen LogP contribution in [0.15, 0.2) is 0 Å². The third kappa shape index (κ3) is 14.1. The van der Waals surface area contributed by atoms with E-state index >= 15 is 0 Å². The van der Waals surface area contributed by atoms with Crippen LogP contribution in [0.1, 0.15) is 55.4 Å². The van der Waals surface area contributed by atoms with Crippen molar-refractivity contribution in [2.24, 2.45) is 0 Å². The van der Waals surface area contributed by atoms with Gasteiger partial charge in [0.2, 0.25) is 0 Å². The highest BCUT2D eigenvalue weighted by Gasteiger charge is 2.56. The lowest BCUT2D eigenvalue weighted by molar-refractivity contribution is 0.0763. The molecule has 0 saturated carbocycles. The highest BCUT2D eigenvalue weighted by molar-refractivity contribution is 6.94. The van der Waals surface area contributed by atoms with Crippen molar-refractivity contribution < 1.29 is 35.4 Å². The van der Waals surface area contributed by atoms with Crippen molar-refractivity contribution in [3.63, 3.8) is 0 Å².